The molecule has 19 heavy (non-hydrogen) atoms. The van der Waals surface area contributed by atoms with Crippen LogP contribution in [0.3, 0.4) is 0 Å². The van der Waals surface area contributed by atoms with Crippen LogP contribution in [0.4, 0.5) is 11.8 Å². The fourth-order valence-electron chi connectivity index (χ4n) is 3.14. The second kappa shape index (κ2) is 4.53. The summed E-state index contributed by atoms with van der Waals surface area (Å²) in [4.78, 5) is 8.45. The van der Waals surface area contributed by atoms with Crippen molar-refractivity contribution in [2.24, 2.45) is 0 Å². The molecule has 0 fully saturated rings. The number of aromatic nitrogens is 2. The fourth-order valence-corrected chi connectivity index (χ4v) is 3.14. The van der Waals surface area contributed by atoms with Gasteiger partial charge in [0.25, 0.3) is 0 Å². The Morgan fingerprint density at radius 1 is 1.11 bits per heavy atom. The molecule has 2 aromatic rings. The van der Waals surface area contributed by atoms with Crippen LogP contribution in [0.15, 0.2) is 30.3 Å². The lowest BCUT2D eigenvalue weighted by Gasteiger charge is -2.31. The van der Waals surface area contributed by atoms with E-state index in [-0.39, 0.29) is 5.95 Å². The number of hydrogen-bond donors (Lipinski definition) is 2. The van der Waals surface area contributed by atoms with E-state index >= 15 is 0 Å². The molecule has 0 aliphatic heterocycles. The summed E-state index contributed by atoms with van der Waals surface area (Å²) in [6, 6.07) is 10.6. The van der Waals surface area contributed by atoms with Crippen molar-refractivity contribution in [1.82, 2.24) is 9.97 Å². The molecule has 1 heterocycles. The van der Waals surface area contributed by atoms with Gasteiger partial charge >= 0.3 is 0 Å². The van der Waals surface area contributed by atoms with E-state index in [1.807, 2.05) is 6.07 Å². The lowest BCUT2D eigenvalue weighted by Crippen LogP contribution is -2.21. The zero-order chi connectivity index (χ0) is 13.4. The van der Waals surface area contributed by atoms with E-state index < -0.39 is 0 Å². The third-order valence-electron chi connectivity index (χ3n) is 4.05. The smallest absolute Gasteiger partial charge is 0.222 e. The number of hydrogen-bond acceptors (Lipinski definition) is 4. The minimum atomic E-state index is 0.279. The van der Waals surface area contributed by atoms with Gasteiger partial charge in [0.2, 0.25) is 5.95 Å². The van der Waals surface area contributed by atoms with Gasteiger partial charge in [0, 0.05) is 5.56 Å². The minimum absolute atomic E-state index is 0.279. The molecule has 1 aromatic heterocycles. The van der Waals surface area contributed by atoms with E-state index in [1.165, 1.54) is 5.56 Å². The van der Waals surface area contributed by atoms with E-state index in [4.69, 9.17) is 11.5 Å². The van der Waals surface area contributed by atoms with Gasteiger partial charge in [-0.15, -0.1) is 0 Å². The van der Waals surface area contributed by atoms with E-state index in [1.54, 1.807) is 0 Å². The van der Waals surface area contributed by atoms with Crippen LogP contribution >= 0.6 is 0 Å². The van der Waals surface area contributed by atoms with Crippen LogP contribution in [0, 0.1) is 0 Å². The van der Waals surface area contributed by atoms with Crippen molar-refractivity contribution >= 4 is 11.8 Å². The highest BCUT2D eigenvalue weighted by atomic mass is 15.0. The van der Waals surface area contributed by atoms with Gasteiger partial charge in [-0.25, -0.2) is 4.98 Å². The monoisotopic (exact) mass is 254 g/mol. The Labute approximate surface area is 112 Å². The molecular weight excluding hydrogens is 236 g/mol. The highest BCUT2D eigenvalue weighted by molar-refractivity contribution is 5.50. The summed E-state index contributed by atoms with van der Waals surface area (Å²) in [5.74, 6) is 1.62. The molecule has 4 heteroatoms. The average molecular weight is 254 g/mol. The van der Waals surface area contributed by atoms with Gasteiger partial charge in [-0.3, -0.25) is 0 Å². The van der Waals surface area contributed by atoms with Crippen LogP contribution in [0.25, 0.3) is 0 Å². The molecule has 1 aromatic carbocycles. The molecule has 4 N–H and O–H groups in total. The second-order valence-corrected chi connectivity index (χ2v) is 5.17. The van der Waals surface area contributed by atoms with E-state index in [0.29, 0.717) is 17.7 Å². The molecule has 1 aliphatic rings. The summed E-state index contributed by atoms with van der Waals surface area (Å²) in [6.45, 7) is 2.20. The number of nitrogen functional groups attached to an aromatic ring is 2. The summed E-state index contributed by atoms with van der Waals surface area (Å²) in [5.41, 5.74) is 15.2. The van der Waals surface area contributed by atoms with E-state index in [2.05, 4.69) is 41.2 Å². The molecular formula is C15H18N4. The maximum absolute atomic E-state index is 6.04. The molecule has 0 saturated carbocycles. The molecule has 0 spiro atoms. The standard InChI is InChI=1S/C15H18N4/c1-9-11(10-5-3-2-4-6-10)7-8-12-13(9)14(16)19-15(17)18-12/h2-6,9,11H,7-8H2,1H3,(H4,16,17,18,19). The summed E-state index contributed by atoms with van der Waals surface area (Å²) < 4.78 is 0. The van der Waals surface area contributed by atoms with Crippen LogP contribution in [0.1, 0.15) is 42.0 Å². The minimum Gasteiger partial charge on any atom is -0.383 e. The first-order chi connectivity index (χ1) is 9.16. The maximum atomic E-state index is 6.04. The quantitative estimate of drug-likeness (QED) is 0.819. The van der Waals surface area contributed by atoms with Crippen LogP contribution < -0.4 is 11.5 Å². The molecule has 2 unspecified atom stereocenters. The van der Waals surface area contributed by atoms with Crippen molar-refractivity contribution in [3.05, 3.63) is 47.2 Å². The van der Waals surface area contributed by atoms with Crippen LogP contribution in [-0.4, -0.2) is 9.97 Å². The molecule has 0 radical (unpaired) electrons. The molecule has 98 valence electrons. The molecule has 1 aliphatic carbocycles. The molecule has 3 rings (SSSR count). The normalized spacial score (nSPS) is 21.9. The highest BCUT2D eigenvalue weighted by Gasteiger charge is 2.30. The first kappa shape index (κ1) is 12.0. The largest absolute Gasteiger partial charge is 0.383 e. The van der Waals surface area contributed by atoms with Crippen molar-refractivity contribution < 1.29 is 0 Å². The van der Waals surface area contributed by atoms with Gasteiger partial charge in [-0.1, -0.05) is 37.3 Å². The first-order valence-electron chi connectivity index (χ1n) is 6.63. The van der Waals surface area contributed by atoms with Gasteiger partial charge in [-0.05, 0) is 30.2 Å². The molecule has 4 nitrogen and oxygen atoms in total. The maximum Gasteiger partial charge on any atom is 0.222 e. The predicted octanol–water partition coefficient (Wildman–Crippen LogP) is 2.47. The summed E-state index contributed by atoms with van der Waals surface area (Å²) >= 11 is 0. The van der Waals surface area contributed by atoms with Gasteiger partial charge in [0.1, 0.15) is 5.82 Å². The SMILES string of the molecule is CC1c2c(N)nc(N)nc2CCC1c1ccccc1. The summed E-state index contributed by atoms with van der Waals surface area (Å²) in [7, 11) is 0. The second-order valence-electron chi connectivity index (χ2n) is 5.17. The van der Waals surface area contributed by atoms with Crippen LogP contribution in [0.5, 0.6) is 0 Å². The van der Waals surface area contributed by atoms with Gasteiger partial charge in [-0.2, -0.15) is 4.98 Å². The van der Waals surface area contributed by atoms with E-state index in [0.717, 1.165) is 24.1 Å². The van der Waals surface area contributed by atoms with Gasteiger partial charge in [0.05, 0.1) is 5.69 Å². The Bertz CT molecular complexity index is 595. The van der Waals surface area contributed by atoms with Crippen molar-refractivity contribution in [3.8, 4) is 0 Å². The Hall–Kier alpha value is -2.10. The number of anilines is 2. The zero-order valence-corrected chi connectivity index (χ0v) is 11.0. The number of fused-ring (bicyclic) bond motifs is 1. The number of nitrogens with two attached hydrogens (primary N) is 2. The third kappa shape index (κ3) is 2.03. The van der Waals surface area contributed by atoms with Crippen LogP contribution in [0.2, 0.25) is 0 Å². The number of benzene rings is 1. The molecule has 2 atom stereocenters. The van der Waals surface area contributed by atoms with Gasteiger partial charge in [0.15, 0.2) is 0 Å². The topological polar surface area (TPSA) is 77.8 Å². The van der Waals surface area contributed by atoms with Crippen LogP contribution in [-0.2, 0) is 6.42 Å². The molecule has 0 saturated heterocycles. The van der Waals surface area contributed by atoms with E-state index in [9.17, 15) is 0 Å². The Morgan fingerprint density at radius 2 is 1.84 bits per heavy atom. The lowest BCUT2D eigenvalue weighted by molar-refractivity contribution is 0.494. The first-order valence-corrected chi connectivity index (χ1v) is 6.63. The average Bonchev–Trinajstić information content (AvgIpc) is 2.39. The Kier molecular flexibility index (Phi) is 2.85. The Morgan fingerprint density at radius 3 is 2.58 bits per heavy atom. The number of rotatable bonds is 1. The summed E-state index contributed by atoms with van der Waals surface area (Å²) in [5, 5.41) is 0. The number of aryl methyl sites for hydroxylation is 1. The van der Waals surface area contributed by atoms with Crippen molar-refractivity contribution in [3.63, 3.8) is 0 Å². The Balaban J connectivity index is 2.03. The fraction of sp³-hybridized carbons (Fsp3) is 0.333. The molecule has 0 amide bonds. The third-order valence-corrected chi connectivity index (χ3v) is 4.05. The predicted molar refractivity (Wildman–Crippen MR) is 76.8 cm³/mol. The highest BCUT2D eigenvalue weighted by Crippen LogP contribution is 2.43. The van der Waals surface area contributed by atoms with Crippen molar-refractivity contribution in [1.29, 1.82) is 0 Å². The lowest BCUT2D eigenvalue weighted by atomic mass is 9.74. The molecule has 0 bridgehead atoms. The van der Waals surface area contributed by atoms with Gasteiger partial charge < -0.3 is 11.5 Å². The number of nitrogens with zero attached hydrogens (tertiary/aromatic N) is 2. The zero-order valence-electron chi connectivity index (χ0n) is 11.0. The van der Waals surface area contributed by atoms with Crippen molar-refractivity contribution in [2.45, 2.75) is 31.6 Å². The van der Waals surface area contributed by atoms with Crippen molar-refractivity contribution in [2.75, 3.05) is 11.5 Å². The summed E-state index contributed by atoms with van der Waals surface area (Å²) in [6.07, 6.45) is 1.99.